The van der Waals surface area contributed by atoms with Crippen LogP contribution in [-0.2, 0) is 14.4 Å². The van der Waals surface area contributed by atoms with E-state index in [1.807, 2.05) is 0 Å². The fraction of sp³-hybridized carbons (Fsp3) is 0.167. The highest BCUT2D eigenvalue weighted by molar-refractivity contribution is 6.02. The first kappa shape index (κ1) is 19.0. The molecule has 0 aliphatic rings. The Morgan fingerprint density at radius 2 is 1.50 bits per heavy atom. The van der Waals surface area contributed by atoms with E-state index in [1.165, 1.54) is 24.8 Å². The Hall–Kier alpha value is -3.29. The van der Waals surface area contributed by atoms with E-state index in [9.17, 15) is 23.2 Å². The minimum Gasteiger partial charge on any atom is -0.326 e. The molecule has 0 bridgehead atoms. The second kappa shape index (κ2) is 8.19. The standard InChI is InChI=1S/C18H17F2N3O3/c1-11(24)21-13-3-6-15(7-4-13)23(12(2)25)10-18(26)22-14-5-8-16(19)17(20)9-14/h3-9H,10H2,1-2H3,(H,21,24)(H,22,26). The van der Waals surface area contributed by atoms with Crippen LogP contribution in [0, 0.1) is 11.6 Å². The van der Waals surface area contributed by atoms with E-state index < -0.39 is 17.5 Å². The lowest BCUT2D eigenvalue weighted by Crippen LogP contribution is -2.36. The molecular weight excluding hydrogens is 344 g/mol. The highest BCUT2D eigenvalue weighted by Crippen LogP contribution is 2.19. The normalized spacial score (nSPS) is 10.2. The van der Waals surface area contributed by atoms with Gasteiger partial charge in [-0.25, -0.2) is 8.78 Å². The van der Waals surface area contributed by atoms with Crippen molar-refractivity contribution >= 4 is 34.8 Å². The van der Waals surface area contributed by atoms with Gasteiger partial charge in [0.2, 0.25) is 17.7 Å². The molecular formula is C18H17F2N3O3. The number of hydrogen-bond donors (Lipinski definition) is 2. The molecule has 0 spiro atoms. The fourth-order valence-corrected chi connectivity index (χ4v) is 2.23. The van der Waals surface area contributed by atoms with Crippen molar-refractivity contribution in [1.29, 1.82) is 0 Å². The summed E-state index contributed by atoms with van der Waals surface area (Å²) in [4.78, 5) is 36.2. The molecule has 2 aromatic rings. The van der Waals surface area contributed by atoms with Crippen LogP contribution in [-0.4, -0.2) is 24.3 Å². The maximum Gasteiger partial charge on any atom is 0.244 e. The smallest absolute Gasteiger partial charge is 0.244 e. The maximum absolute atomic E-state index is 13.2. The highest BCUT2D eigenvalue weighted by Gasteiger charge is 2.16. The van der Waals surface area contributed by atoms with E-state index >= 15 is 0 Å². The number of halogens is 2. The molecule has 0 atom stereocenters. The van der Waals surface area contributed by atoms with Crippen LogP contribution in [0.3, 0.4) is 0 Å². The second-order valence-corrected chi connectivity index (χ2v) is 5.51. The monoisotopic (exact) mass is 361 g/mol. The van der Waals surface area contributed by atoms with Gasteiger partial charge in [0.25, 0.3) is 0 Å². The van der Waals surface area contributed by atoms with Gasteiger partial charge in [0.15, 0.2) is 11.6 Å². The van der Waals surface area contributed by atoms with Crippen LogP contribution in [0.4, 0.5) is 25.8 Å². The predicted octanol–water partition coefficient (Wildman–Crippen LogP) is 2.91. The zero-order chi connectivity index (χ0) is 19.3. The predicted molar refractivity (Wildman–Crippen MR) is 93.8 cm³/mol. The molecule has 2 N–H and O–H groups in total. The number of anilines is 3. The first-order chi connectivity index (χ1) is 12.3. The molecule has 0 fully saturated rings. The quantitative estimate of drug-likeness (QED) is 0.860. The van der Waals surface area contributed by atoms with Gasteiger partial charge in [-0.3, -0.25) is 14.4 Å². The Morgan fingerprint density at radius 1 is 0.885 bits per heavy atom. The van der Waals surface area contributed by atoms with Crippen LogP contribution in [0.5, 0.6) is 0 Å². The van der Waals surface area contributed by atoms with Crippen LogP contribution < -0.4 is 15.5 Å². The van der Waals surface area contributed by atoms with Gasteiger partial charge in [0, 0.05) is 37.0 Å². The third-order valence-corrected chi connectivity index (χ3v) is 3.38. The fourth-order valence-electron chi connectivity index (χ4n) is 2.23. The van der Waals surface area contributed by atoms with Gasteiger partial charge >= 0.3 is 0 Å². The zero-order valence-electron chi connectivity index (χ0n) is 14.2. The lowest BCUT2D eigenvalue weighted by atomic mass is 10.2. The van der Waals surface area contributed by atoms with E-state index in [2.05, 4.69) is 10.6 Å². The van der Waals surface area contributed by atoms with Crippen LogP contribution in [0.15, 0.2) is 42.5 Å². The molecule has 0 unspecified atom stereocenters. The van der Waals surface area contributed by atoms with Crippen molar-refractivity contribution in [2.75, 3.05) is 22.1 Å². The van der Waals surface area contributed by atoms with Gasteiger partial charge in [-0.15, -0.1) is 0 Å². The average molecular weight is 361 g/mol. The minimum absolute atomic E-state index is 0.0819. The van der Waals surface area contributed by atoms with E-state index in [-0.39, 0.29) is 24.0 Å². The van der Waals surface area contributed by atoms with Gasteiger partial charge < -0.3 is 15.5 Å². The summed E-state index contributed by atoms with van der Waals surface area (Å²) in [6.07, 6.45) is 0. The Balaban J connectivity index is 2.09. The van der Waals surface area contributed by atoms with Crippen LogP contribution in [0.1, 0.15) is 13.8 Å². The Morgan fingerprint density at radius 3 is 2.04 bits per heavy atom. The van der Waals surface area contributed by atoms with Crippen molar-refractivity contribution in [2.45, 2.75) is 13.8 Å². The van der Waals surface area contributed by atoms with E-state index in [0.29, 0.717) is 11.4 Å². The molecule has 6 nitrogen and oxygen atoms in total. The largest absolute Gasteiger partial charge is 0.326 e. The minimum atomic E-state index is -1.08. The number of carbonyl (C=O) groups excluding carboxylic acids is 3. The molecule has 0 saturated heterocycles. The lowest BCUT2D eigenvalue weighted by molar-refractivity contribution is -0.120. The Bertz CT molecular complexity index is 838. The number of nitrogens with zero attached hydrogens (tertiary/aromatic N) is 1. The molecule has 0 saturated carbocycles. The van der Waals surface area contributed by atoms with Crippen molar-refractivity contribution < 1.29 is 23.2 Å². The summed E-state index contributed by atoms with van der Waals surface area (Å²) in [5, 5.41) is 5.00. The summed E-state index contributed by atoms with van der Waals surface area (Å²) < 4.78 is 26.1. The molecule has 136 valence electrons. The molecule has 0 aliphatic heterocycles. The number of hydrogen-bond acceptors (Lipinski definition) is 3. The van der Waals surface area contributed by atoms with Crippen molar-refractivity contribution in [1.82, 2.24) is 0 Å². The van der Waals surface area contributed by atoms with Gasteiger partial charge in [-0.2, -0.15) is 0 Å². The first-order valence-electron chi connectivity index (χ1n) is 7.67. The molecule has 26 heavy (non-hydrogen) atoms. The number of rotatable bonds is 5. The number of nitrogens with one attached hydrogen (secondary N) is 2. The molecule has 0 aliphatic carbocycles. The molecule has 2 aromatic carbocycles. The zero-order valence-corrected chi connectivity index (χ0v) is 14.2. The summed E-state index contributed by atoms with van der Waals surface area (Å²) in [6.45, 7) is 2.36. The van der Waals surface area contributed by atoms with E-state index in [4.69, 9.17) is 0 Å². The third kappa shape index (κ3) is 5.10. The lowest BCUT2D eigenvalue weighted by Gasteiger charge is -2.21. The van der Waals surface area contributed by atoms with E-state index in [0.717, 1.165) is 12.1 Å². The van der Waals surface area contributed by atoms with Crippen molar-refractivity contribution in [2.24, 2.45) is 0 Å². The summed E-state index contributed by atoms with van der Waals surface area (Å²) in [6, 6.07) is 9.33. The Kier molecular flexibility index (Phi) is 6.00. The number of benzene rings is 2. The van der Waals surface area contributed by atoms with E-state index in [1.54, 1.807) is 24.3 Å². The van der Waals surface area contributed by atoms with Crippen LogP contribution >= 0.6 is 0 Å². The van der Waals surface area contributed by atoms with Crippen molar-refractivity contribution in [3.05, 3.63) is 54.1 Å². The molecule has 0 radical (unpaired) electrons. The molecule has 2 rings (SSSR count). The molecule has 8 heteroatoms. The SMILES string of the molecule is CC(=O)Nc1ccc(N(CC(=O)Nc2ccc(F)c(F)c2)C(C)=O)cc1. The number of carbonyl (C=O) groups is 3. The van der Waals surface area contributed by atoms with Gasteiger partial charge in [0.05, 0.1) is 0 Å². The topological polar surface area (TPSA) is 78.5 Å². The second-order valence-electron chi connectivity index (χ2n) is 5.51. The van der Waals surface area contributed by atoms with Crippen LogP contribution in [0.2, 0.25) is 0 Å². The van der Waals surface area contributed by atoms with Gasteiger partial charge in [-0.1, -0.05) is 0 Å². The summed E-state index contributed by atoms with van der Waals surface area (Å²) in [5.41, 5.74) is 1.08. The Labute approximate surface area is 148 Å². The van der Waals surface area contributed by atoms with Crippen molar-refractivity contribution in [3.8, 4) is 0 Å². The average Bonchev–Trinajstić information content (AvgIpc) is 2.56. The molecule has 0 heterocycles. The molecule has 3 amide bonds. The summed E-state index contributed by atoms with van der Waals surface area (Å²) in [7, 11) is 0. The molecule has 0 aromatic heterocycles. The van der Waals surface area contributed by atoms with Gasteiger partial charge in [-0.05, 0) is 36.4 Å². The first-order valence-corrected chi connectivity index (χ1v) is 7.67. The van der Waals surface area contributed by atoms with Crippen molar-refractivity contribution in [3.63, 3.8) is 0 Å². The summed E-state index contributed by atoms with van der Waals surface area (Å²) in [5.74, 6) is -3.28. The maximum atomic E-state index is 13.2. The summed E-state index contributed by atoms with van der Waals surface area (Å²) >= 11 is 0. The number of amides is 3. The third-order valence-electron chi connectivity index (χ3n) is 3.38. The van der Waals surface area contributed by atoms with Gasteiger partial charge in [0.1, 0.15) is 6.54 Å². The highest BCUT2D eigenvalue weighted by atomic mass is 19.2. The van der Waals surface area contributed by atoms with Crippen LogP contribution in [0.25, 0.3) is 0 Å².